The highest BCUT2D eigenvalue weighted by Crippen LogP contribution is 2.31. The number of thioether (sulfide) groups is 1. The summed E-state index contributed by atoms with van der Waals surface area (Å²) in [5.74, 6) is -0.849. The average Bonchev–Trinajstić information content (AvgIpc) is 2.85. The number of anilines is 1. The first-order valence-corrected chi connectivity index (χ1v) is 8.03. The van der Waals surface area contributed by atoms with E-state index in [1.807, 2.05) is 31.4 Å². The van der Waals surface area contributed by atoms with Crippen molar-refractivity contribution in [3.63, 3.8) is 0 Å². The fraction of sp³-hybridized carbons (Fsp3) is 0.467. The highest BCUT2D eigenvalue weighted by molar-refractivity contribution is 7.98. The van der Waals surface area contributed by atoms with Crippen molar-refractivity contribution in [3.05, 3.63) is 23.8 Å². The van der Waals surface area contributed by atoms with E-state index in [2.05, 4.69) is 5.32 Å². The summed E-state index contributed by atoms with van der Waals surface area (Å²) in [6.07, 6.45) is 2.48. The van der Waals surface area contributed by atoms with Crippen molar-refractivity contribution in [1.82, 2.24) is 4.90 Å². The minimum Gasteiger partial charge on any atom is -0.481 e. The fourth-order valence-corrected chi connectivity index (χ4v) is 3.11. The van der Waals surface area contributed by atoms with Crippen molar-refractivity contribution in [2.45, 2.75) is 25.2 Å². The van der Waals surface area contributed by atoms with E-state index >= 15 is 0 Å². The molecule has 0 saturated carbocycles. The van der Waals surface area contributed by atoms with Crippen molar-refractivity contribution in [3.8, 4) is 0 Å². The van der Waals surface area contributed by atoms with E-state index in [-0.39, 0.29) is 12.6 Å². The second kappa shape index (κ2) is 5.97. The van der Waals surface area contributed by atoms with Gasteiger partial charge in [0, 0.05) is 23.7 Å². The number of benzene rings is 1. The first-order chi connectivity index (χ1) is 9.87. The predicted molar refractivity (Wildman–Crippen MR) is 83.9 cm³/mol. The Balaban J connectivity index is 2.08. The lowest BCUT2D eigenvalue weighted by molar-refractivity contribution is -0.146. The van der Waals surface area contributed by atoms with Gasteiger partial charge in [-0.05, 0) is 44.2 Å². The summed E-state index contributed by atoms with van der Waals surface area (Å²) >= 11 is 1.63. The zero-order valence-corrected chi connectivity index (χ0v) is 13.3. The molecule has 2 rings (SSSR count). The third-order valence-corrected chi connectivity index (χ3v) is 4.90. The standard InChI is InChI=1S/C15H20N2O3S/c1-10-11(5-4-6-12(10)21-3)16-14(20)17-8-7-15(2,9-17)13(18)19/h4-6H,7-9H2,1-3H3,(H,16,20)(H,18,19). The molecule has 5 nitrogen and oxygen atoms in total. The van der Waals surface area contributed by atoms with Crippen LogP contribution >= 0.6 is 11.8 Å². The molecule has 6 heteroatoms. The first-order valence-electron chi connectivity index (χ1n) is 6.80. The SMILES string of the molecule is CSc1cccc(NC(=O)N2CCC(C)(C(=O)O)C2)c1C. The number of amides is 2. The van der Waals surface area contributed by atoms with Crippen LogP contribution in [0, 0.1) is 12.3 Å². The Hall–Kier alpha value is -1.69. The van der Waals surface area contributed by atoms with Crippen LogP contribution in [-0.2, 0) is 4.79 Å². The molecule has 2 amide bonds. The highest BCUT2D eigenvalue weighted by atomic mass is 32.2. The maximum Gasteiger partial charge on any atom is 0.321 e. The van der Waals surface area contributed by atoms with Crippen molar-refractivity contribution in [1.29, 1.82) is 0 Å². The van der Waals surface area contributed by atoms with E-state index in [9.17, 15) is 14.7 Å². The van der Waals surface area contributed by atoms with Crippen LogP contribution in [0.15, 0.2) is 23.1 Å². The molecule has 1 atom stereocenters. The van der Waals surface area contributed by atoms with E-state index in [1.54, 1.807) is 23.6 Å². The molecule has 2 N–H and O–H groups in total. The van der Waals surface area contributed by atoms with Crippen LogP contribution in [-0.4, -0.2) is 41.4 Å². The lowest BCUT2D eigenvalue weighted by Crippen LogP contribution is -2.37. The number of carbonyl (C=O) groups is 2. The second-order valence-electron chi connectivity index (χ2n) is 5.60. The van der Waals surface area contributed by atoms with Gasteiger partial charge in [0.1, 0.15) is 0 Å². The van der Waals surface area contributed by atoms with Gasteiger partial charge in [-0.3, -0.25) is 4.79 Å². The van der Waals surface area contributed by atoms with Gasteiger partial charge in [0.05, 0.1) is 5.41 Å². The van der Waals surface area contributed by atoms with Crippen LogP contribution in [0.5, 0.6) is 0 Å². The van der Waals surface area contributed by atoms with Crippen LogP contribution < -0.4 is 5.32 Å². The third kappa shape index (κ3) is 3.15. The van der Waals surface area contributed by atoms with Crippen molar-refractivity contribution >= 4 is 29.4 Å². The lowest BCUT2D eigenvalue weighted by Gasteiger charge is -2.21. The Morgan fingerprint density at radius 1 is 1.43 bits per heavy atom. The molecular weight excluding hydrogens is 288 g/mol. The molecule has 114 valence electrons. The Morgan fingerprint density at radius 3 is 2.71 bits per heavy atom. The molecule has 0 radical (unpaired) electrons. The smallest absolute Gasteiger partial charge is 0.321 e. The molecule has 1 saturated heterocycles. The second-order valence-corrected chi connectivity index (χ2v) is 6.45. The average molecular weight is 308 g/mol. The van der Waals surface area contributed by atoms with Gasteiger partial charge < -0.3 is 15.3 Å². The number of aliphatic carboxylic acids is 1. The highest BCUT2D eigenvalue weighted by Gasteiger charge is 2.42. The van der Waals surface area contributed by atoms with Crippen molar-refractivity contribution in [2.75, 3.05) is 24.7 Å². The molecule has 0 bridgehead atoms. The van der Waals surface area contributed by atoms with Crippen molar-refractivity contribution in [2.24, 2.45) is 5.41 Å². The molecule has 1 aromatic rings. The summed E-state index contributed by atoms with van der Waals surface area (Å²) < 4.78 is 0. The quantitative estimate of drug-likeness (QED) is 0.842. The largest absolute Gasteiger partial charge is 0.481 e. The number of hydrogen-bond donors (Lipinski definition) is 2. The minimum absolute atomic E-state index is 0.235. The van der Waals surface area contributed by atoms with Gasteiger partial charge in [0.2, 0.25) is 0 Å². The number of nitrogens with zero attached hydrogens (tertiary/aromatic N) is 1. The topological polar surface area (TPSA) is 69.6 Å². The lowest BCUT2D eigenvalue weighted by atomic mass is 9.90. The molecule has 1 heterocycles. The van der Waals surface area contributed by atoms with Gasteiger partial charge in [0.25, 0.3) is 0 Å². The molecule has 1 unspecified atom stereocenters. The molecule has 0 spiro atoms. The molecular formula is C15H20N2O3S. The van der Waals surface area contributed by atoms with Gasteiger partial charge in [-0.25, -0.2) is 4.79 Å². The van der Waals surface area contributed by atoms with Gasteiger partial charge in [-0.15, -0.1) is 11.8 Å². The Bertz CT molecular complexity index is 576. The third-order valence-electron chi connectivity index (χ3n) is 4.02. The molecule has 0 aromatic heterocycles. The van der Waals surface area contributed by atoms with Crippen LogP contribution in [0.4, 0.5) is 10.5 Å². The molecule has 1 aliphatic rings. The van der Waals surface area contributed by atoms with E-state index in [4.69, 9.17) is 0 Å². The van der Waals surface area contributed by atoms with Crippen LogP contribution in [0.25, 0.3) is 0 Å². The number of nitrogens with one attached hydrogen (secondary N) is 1. The summed E-state index contributed by atoms with van der Waals surface area (Å²) in [6.45, 7) is 4.36. The van der Waals surface area contributed by atoms with Gasteiger partial charge in [0.15, 0.2) is 0 Å². The molecule has 1 fully saturated rings. The summed E-state index contributed by atoms with van der Waals surface area (Å²) in [7, 11) is 0. The van der Waals surface area contributed by atoms with Gasteiger partial charge in [-0.1, -0.05) is 6.07 Å². The monoisotopic (exact) mass is 308 g/mol. The Kier molecular flexibility index (Phi) is 4.46. The number of rotatable bonds is 3. The van der Waals surface area contributed by atoms with E-state index in [0.717, 1.165) is 16.1 Å². The zero-order valence-electron chi connectivity index (χ0n) is 12.5. The van der Waals surface area contributed by atoms with Gasteiger partial charge in [-0.2, -0.15) is 0 Å². The normalized spacial score (nSPS) is 21.4. The van der Waals surface area contributed by atoms with Crippen LogP contribution in [0.3, 0.4) is 0 Å². The number of likely N-dealkylation sites (tertiary alicyclic amines) is 1. The minimum atomic E-state index is -0.849. The molecule has 1 aromatic carbocycles. The van der Waals surface area contributed by atoms with E-state index < -0.39 is 11.4 Å². The number of hydrogen-bond acceptors (Lipinski definition) is 3. The maximum atomic E-state index is 12.3. The maximum absolute atomic E-state index is 12.3. The van der Waals surface area contributed by atoms with Crippen LogP contribution in [0.1, 0.15) is 18.9 Å². The Labute approximate surface area is 128 Å². The first kappa shape index (κ1) is 15.7. The number of carboxylic acid groups (broad SMARTS) is 1. The summed E-state index contributed by atoms with van der Waals surface area (Å²) in [5.41, 5.74) is 0.961. The number of carboxylic acids is 1. The molecule has 1 aliphatic heterocycles. The van der Waals surface area contributed by atoms with Crippen molar-refractivity contribution < 1.29 is 14.7 Å². The summed E-state index contributed by atoms with van der Waals surface area (Å²) in [4.78, 5) is 26.2. The molecule has 21 heavy (non-hydrogen) atoms. The molecule has 0 aliphatic carbocycles. The van der Waals surface area contributed by atoms with Gasteiger partial charge >= 0.3 is 12.0 Å². The summed E-state index contributed by atoms with van der Waals surface area (Å²) in [5, 5.41) is 12.1. The van der Waals surface area contributed by atoms with E-state index in [0.29, 0.717) is 13.0 Å². The summed E-state index contributed by atoms with van der Waals surface area (Å²) in [6, 6.07) is 5.54. The number of urea groups is 1. The number of carbonyl (C=O) groups excluding carboxylic acids is 1. The van der Waals surface area contributed by atoms with Crippen LogP contribution in [0.2, 0.25) is 0 Å². The Morgan fingerprint density at radius 2 is 2.14 bits per heavy atom. The van der Waals surface area contributed by atoms with E-state index in [1.165, 1.54) is 0 Å². The fourth-order valence-electron chi connectivity index (χ4n) is 2.47. The predicted octanol–water partition coefficient (Wildman–Crippen LogP) is 3.05. The zero-order chi connectivity index (χ0) is 15.6.